The van der Waals surface area contributed by atoms with Gasteiger partial charge in [-0.15, -0.1) is 13.2 Å². The molecule has 1 saturated carbocycles. The monoisotopic (exact) mass is 283 g/mol. The summed E-state index contributed by atoms with van der Waals surface area (Å²) >= 11 is 0. The van der Waals surface area contributed by atoms with E-state index in [1.807, 2.05) is 18.2 Å². The Balaban J connectivity index is 2.34. The van der Waals surface area contributed by atoms with E-state index in [-0.39, 0.29) is 12.0 Å². The number of nitrogens with zero attached hydrogens (tertiary/aromatic N) is 1. The first-order valence-corrected chi connectivity index (χ1v) is 7.81. The van der Waals surface area contributed by atoms with Crippen LogP contribution in [0.25, 0.3) is 0 Å². The van der Waals surface area contributed by atoms with Gasteiger partial charge in [0.25, 0.3) is 0 Å². The molecule has 0 radical (unpaired) electrons. The molecule has 1 fully saturated rings. The van der Waals surface area contributed by atoms with Crippen molar-refractivity contribution in [3.05, 3.63) is 61.2 Å². The molecule has 1 aliphatic carbocycles. The maximum Gasteiger partial charge on any atom is 0.137 e. The Morgan fingerprint density at radius 3 is 2.38 bits per heavy atom. The van der Waals surface area contributed by atoms with Crippen molar-refractivity contribution < 1.29 is 4.79 Å². The van der Waals surface area contributed by atoms with E-state index in [1.54, 1.807) is 0 Å². The standard InChI is InChI=1S/C19H25NO/c1-3-14-20(15-4-2)19(16-10-6-5-7-11-16)17-12-8-9-13-18(17)21/h3-7,10-11,17,19H,1-2,8-9,12-15H2/t17-,19+/m1/s1. The number of carbonyl (C=O) groups excluding carboxylic acids is 1. The highest BCUT2D eigenvalue weighted by Gasteiger charge is 2.34. The molecule has 112 valence electrons. The number of benzene rings is 1. The third-order valence-corrected chi connectivity index (χ3v) is 4.24. The molecule has 0 unspecified atom stereocenters. The minimum Gasteiger partial charge on any atom is -0.299 e. The van der Waals surface area contributed by atoms with Gasteiger partial charge >= 0.3 is 0 Å². The molecule has 1 aromatic rings. The fraction of sp³-hybridized carbons (Fsp3) is 0.421. The number of rotatable bonds is 7. The third kappa shape index (κ3) is 3.92. The Labute approximate surface area is 128 Å². The van der Waals surface area contributed by atoms with Crippen LogP contribution in [0.5, 0.6) is 0 Å². The summed E-state index contributed by atoms with van der Waals surface area (Å²) in [5.41, 5.74) is 1.22. The fourth-order valence-electron chi connectivity index (χ4n) is 3.32. The molecule has 0 saturated heterocycles. The lowest BCUT2D eigenvalue weighted by atomic mass is 9.79. The SMILES string of the molecule is C=CCN(CC=C)[C@@H](c1ccccc1)[C@@H]1CCCCC1=O. The molecule has 2 atom stereocenters. The summed E-state index contributed by atoms with van der Waals surface area (Å²) in [6.45, 7) is 9.27. The van der Waals surface area contributed by atoms with Crippen molar-refractivity contribution in [2.75, 3.05) is 13.1 Å². The highest BCUT2D eigenvalue weighted by Crippen LogP contribution is 2.36. The van der Waals surface area contributed by atoms with Gasteiger partial charge < -0.3 is 0 Å². The van der Waals surface area contributed by atoms with E-state index in [0.29, 0.717) is 5.78 Å². The lowest BCUT2D eigenvalue weighted by molar-refractivity contribution is -0.127. The zero-order valence-corrected chi connectivity index (χ0v) is 12.7. The molecule has 0 amide bonds. The largest absolute Gasteiger partial charge is 0.299 e. The zero-order chi connectivity index (χ0) is 15.1. The van der Waals surface area contributed by atoms with Gasteiger partial charge in [-0.3, -0.25) is 9.69 Å². The molecular weight excluding hydrogens is 258 g/mol. The van der Waals surface area contributed by atoms with E-state index in [1.165, 1.54) is 5.56 Å². The van der Waals surface area contributed by atoms with Gasteiger partial charge in [-0.2, -0.15) is 0 Å². The molecule has 0 spiro atoms. The van der Waals surface area contributed by atoms with Crippen LogP contribution in [-0.2, 0) is 4.79 Å². The Kier molecular flexibility index (Phi) is 5.94. The lowest BCUT2D eigenvalue weighted by Crippen LogP contribution is -2.38. The average molecular weight is 283 g/mol. The van der Waals surface area contributed by atoms with Crippen molar-refractivity contribution in [3.8, 4) is 0 Å². The van der Waals surface area contributed by atoms with Crippen LogP contribution in [0.15, 0.2) is 55.6 Å². The van der Waals surface area contributed by atoms with Crippen LogP contribution < -0.4 is 0 Å². The molecule has 2 rings (SSSR count). The first-order chi connectivity index (χ1) is 10.3. The maximum absolute atomic E-state index is 12.4. The minimum absolute atomic E-state index is 0.0982. The molecule has 2 nitrogen and oxygen atoms in total. The highest BCUT2D eigenvalue weighted by atomic mass is 16.1. The minimum atomic E-state index is 0.0982. The average Bonchev–Trinajstić information content (AvgIpc) is 2.51. The zero-order valence-electron chi connectivity index (χ0n) is 12.7. The van der Waals surface area contributed by atoms with Gasteiger partial charge in [-0.25, -0.2) is 0 Å². The summed E-state index contributed by atoms with van der Waals surface area (Å²) < 4.78 is 0. The molecule has 0 aromatic heterocycles. The van der Waals surface area contributed by atoms with E-state index < -0.39 is 0 Å². The predicted octanol–water partition coefficient (Wildman–Crippen LogP) is 4.16. The molecule has 0 heterocycles. The van der Waals surface area contributed by atoms with Crippen LogP contribution in [0, 0.1) is 5.92 Å². The van der Waals surface area contributed by atoms with Gasteiger partial charge in [-0.05, 0) is 18.4 Å². The number of ketones is 1. The third-order valence-electron chi connectivity index (χ3n) is 4.24. The van der Waals surface area contributed by atoms with Crippen molar-refractivity contribution in [2.45, 2.75) is 31.7 Å². The van der Waals surface area contributed by atoms with Crippen molar-refractivity contribution >= 4 is 5.78 Å². The smallest absolute Gasteiger partial charge is 0.137 e. The maximum atomic E-state index is 12.4. The molecule has 1 aliphatic rings. The molecule has 2 heteroatoms. The van der Waals surface area contributed by atoms with Crippen LogP contribution in [0.4, 0.5) is 0 Å². The van der Waals surface area contributed by atoms with Crippen molar-refractivity contribution in [1.82, 2.24) is 4.90 Å². The second kappa shape index (κ2) is 7.94. The number of hydrogen-bond donors (Lipinski definition) is 0. The Hall–Kier alpha value is -1.67. The van der Waals surface area contributed by atoms with Crippen LogP contribution in [0.3, 0.4) is 0 Å². The Morgan fingerprint density at radius 2 is 1.81 bits per heavy atom. The predicted molar refractivity (Wildman–Crippen MR) is 88.1 cm³/mol. The van der Waals surface area contributed by atoms with Crippen LogP contribution in [0.1, 0.15) is 37.3 Å². The Bertz CT molecular complexity index is 470. The van der Waals surface area contributed by atoms with E-state index in [9.17, 15) is 4.79 Å². The summed E-state index contributed by atoms with van der Waals surface area (Å²) in [5.74, 6) is 0.509. The summed E-state index contributed by atoms with van der Waals surface area (Å²) in [4.78, 5) is 14.8. The topological polar surface area (TPSA) is 20.3 Å². The summed E-state index contributed by atoms with van der Waals surface area (Å²) in [6.07, 6.45) is 7.72. The fourth-order valence-corrected chi connectivity index (χ4v) is 3.32. The second-order valence-corrected chi connectivity index (χ2v) is 5.71. The molecule has 0 bridgehead atoms. The van der Waals surface area contributed by atoms with Crippen molar-refractivity contribution in [1.29, 1.82) is 0 Å². The number of Topliss-reactive ketones (excluding diaryl/α,β-unsaturated/α-hetero) is 1. The second-order valence-electron chi connectivity index (χ2n) is 5.71. The van der Waals surface area contributed by atoms with Crippen LogP contribution in [-0.4, -0.2) is 23.8 Å². The van der Waals surface area contributed by atoms with E-state index in [0.717, 1.165) is 38.8 Å². The van der Waals surface area contributed by atoms with Gasteiger partial charge in [0.2, 0.25) is 0 Å². The normalized spacial score (nSPS) is 20.2. The number of carbonyl (C=O) groups is 1. The first kappa shape index (κ1) is 15.7. The van der Waals surface area contributed by atoms with Gasteiger partial charge in [0.15, 0.2) is 0 Å². The summed E-state index contributed by atoms with van der Waals surface area (Å²) in [6, 6.07) is 10.5. The van der Waals surface area contributed by atoms with E-state index in [2.05, 4.69) is 42.3 Å². The van der Waals surface area contributed by atoms with Gasteiger partial charge in [0.05, 0.1) is 0 Å². The van der Waals surface area contributed by atoms with Gasteiger partial charge in [0, 0.05) is 31.5 Å². The molecular formula is C19H25NO. The van der Waals surface area contributed by atoms with Gasteiger partial charge in [0.1, 0.15) is 5.78 Å². The summed E-state index contributed by atoms with van der Waals surface area (Å²) in [7, 11) is 0. The lowest BCUT2D eigenvalue weighted by Gasteiger charge is -2.37. The summed E-state index contributed by atoms with van der Waals surface area (Å²) in [5, 5.41) is 0. The molecule has 0 N–H and O–H groups in total. The Morgan fingerprint density at radius 1 is 1.14 bits per heavy atom. The van der Waals surface area contributed by atoms with Crippen molar-refractivity contribution in [2.24, 2.45) is 5.92 Å². The van der Waals surface area contributed by atoms with Gasteiger partial charge in [-0.1, -0.05) is 48.9 Å². The van der Waals surface area contributed by atoms with Crippen LogP contribution >= 0.6 is 0 Å². The van der Waals surface area contributed by atoms with E-state index >= 15 is 0 Å². The molecule has 21 heavy (non-hydrogen) atoms. The molecule has 1 aromatic carbocycles. The van der Waals surface area contributed by atoms with E-state index in [4.69, 9.17) is 0 Å². The van der Waals surface area contributed by atoms with Crippen molar-refractivity contribution in [3.63, 3.8) is 0 Å². The number of hydrogen-bond acceptors (Lipinski definition) is 2. The highest BCUT2D eigenvalue weighted by molar-refractivity contribution is 5.82. The van der Waals surface area contributed by atoms with Crippen LogP contribution in [0.2, 0.25) is 0 Å². The quantitative estimate of drug-likeness (QED) is 0.700. The molecule has 0 aliphatic heterocycles. The first-order valence-electron chi connectivity index (χ1n) is 7.81.